The summed E-state index contributed by atoms with van der Waals surface area (Å²) < 4.78 is 10.5. The van der Waals surface area contributed by atoms with Crippen LogP contribution < -0.4 is 0 Å². The number of ether oxygens (including phenoxy) is 2. The van der Waals surface area contributed by atoms with E-state index in [1.54, 1.807) is 0 Å². The minimum Gasteiger partial charge on any atom is -0.353 e. The molecule has 0 rings (SSSR count). The maximum Gasteiger partial charge on any atom is 0.160 e. The summed E-state index contributed by atoms with van der Waals surface area (Å²) in [4.78, 5) is 0. The van der Waals surface area contributed by atoms with E-state index >= 15 is 0 Å². The van der Waals surface area contributed by atoms with Gasteiger partial charge in [0.25, 0.3) is 0 Å². The lowest BCUT2D eigenvalue weighted by Crippen LogP contribution is -2.23. The van der Waals surface area contributed by atoms with Crippen molar-refractivity contribution in [2.45, 2.75) is 27.1 Å². The summed E-state index contributed by atoms with van der Waals surface area (Å²) in [6.45, 7) is 11.1. The summed E-state index contributed by atoms with van der Waals surface area (Å²) in [6, 6.07) is 0. The van der Waals surface area contributed by atoms with Gasteiger partial charge >= 0.3 is 0 Å². The third-order valence-electron chi connectivity index (χ3n) is 1.13. The van der Waals surface area contributed by atoms with Gasteiger partial charge in [0.15, 0.2) is 6.29 Å². The van der Waals surface area contributed by atoms with Gasteiger partial charge in [0.1, 0.15) is 0 Å². The third kappa shape index (κ3) is 3.85. The van der Waals surface area contributed by atoms with E-state index in [1.165, 1.54) is 0 Å². The Morgan fingerprint density at radius 2 is 1.60 bits per heavy atom. The zero-order valence-electron chi connectivity index (χ0n) is 7.09. The van der Waals surface area contributed by atoms with Crippen LogP contribution in [0.3, 0.4) is 0 Å². The molecule has 0 N–H and O–H groups in total. The molecule has 0 aromatic rings. The van der Waals surface area contributed by atoms with Crippen LogP contribution in [0.2, 0.25) is 0 Å². The SMILES string of the molecule is [CH2]C(C)C(OCC)OCC. The molecular formula is C8H17O2. The third-order valence-corrected chi connectivity index (χ3v) is 1.13. The quantitative estimate of drug-likeness (QED) is 0.550. The highest BCUT2D eigenvalue weighted by atomic mass is 16.7. The first-order chi connectivity index (χ1) is 4.72. The average molecular weight is 145 g/mol. The van der Waals surface area contributed by atoms with Crippen molar-refractivity contribution in [1.29, 1.82) is 0 Å². The van der Waals surface area contributed by atoms with Crippen LogP contribution in [0.5, 0.6) is 0 Å². The van der Waals surface area contributed by atoms with Crippen molar-refractivity contribution in [1.82, 2.24) is 0 Å². The molecule has 0 aromatic heterocycles. The van der Waals surface area contributed by atoms with Crippen molar-refractivity contribution in [2.75, 3.05) is 13.2 Å². The lowest BCUT2D eigenvalue weighted by Gasteiger charge is -2.19. The largest absolute Gasteiger partial charge is 0.353 e. The predicted octanol–water partition coefficient (Wildman–Crippen LogP) is 1.86. The Morgan fingerprint density at radius 3 is 1.80 bits per heavy atom. The smallest absolute Gasteiger partial charge is 0.160 e. The first-order valence-corrected chi connectivity index (χ1v) is 3.78. The van der Waals surface area contributed by atoms with Crippen LogP contribution in [0, 0.1) is 12.8 Å². The lowest BCUT2D eigenvalue weighted by atomic mass is 10.2. The van der Waals surface area contributed by atoms with Gasteiger partial charge in [-0.05, 0) is 20.8 Å². The molecule has 2 nitrogen and oxygen atoms in total. The Labute approximate surface area is 63.5 Å². The van der Waals surface area contributed by atoms with Crippen molar-refractivity contribution < 1.29 is 9.47 Å². The zero-order chi connectivity index (χ0) is 7.98. The molecule has 0 spiro atoms. The fourth-order valence-electron chi connectivity index (χ4n) is 0.705. The topological polar surface area (TPSA) is 18.5 Å². The van der Waals surface area contributed by atoms with Crippen LogP contribution in [-0.2, 0) is 9.47 Å². The van der Waals surface area contributed by atoms with Crippen LogP contribution in [-0.4, -0.2) is 19.5 Å². The Hall–Kier alpha value is -0.0800. The minimum absolute atomic E-state index is 0.130. The molecule has 61 valence electrons. The molecule has 0 amide bonds. The summed E-state index contributed by atoms with van der Waals surface area (Å²) >= 11 is 0. The molecule has 0 saturated carbocycles. The second kappa shape index (κ2) is 5.69. The molecular weight excluding hydrogens is 128 g/mol. The van der Waals surface area contributed by atoms with Crippen LogP contribution in [0.4, 0.5) is 0 Å². The fourth-order valence-corrected chi connectivity index (χ4v) is 0.705. The first kappa shape index (κ1) is 9.92. The van der Waals surface area contributed by atoms with Gasteiger partial charge in [0.05, 0.1) is 0 Å². The van der Waals surface area contributed by atoms with E-state index in [-0.39, 0.29) is 12.2 Å². The van der Waals surface area contributed by atoms with Gasteiger partial charge in [0, 0.05) is 19.1 Å². The second-order valence-electron chi connectivity index (χ2n) is 2.26. The fraction of sp³-hybridized carbons (Fsp3) is 0.875. The van der Waals surface area contributed by atoms with Crippen LogP contribution >= 0.6 is 0 Å². The van der Waals surface area contributed by atoms with Crippen LogP contribution in [0.1, 0.15) is 20.8 Å². The summed E-state index contributed by atoms with van der Waals surface area (Å²) in [5.41, 5.74) is 0. The number of rotatable bonds is 5. The molecule has 0 aliphatic heterocycles. The highest BCUT2D eigenvalue weighted by Gasteiger charge is 2.11. The standard InChI is InChI=1S/C8H17O2/c1-5-9-8(7(3)4)10-6-2/h7-8H,3,5-6H2,1-2,4H3. The van der Waals surface area contributed by atoms with E-state index in [1.807, 2.05) is 20.8 Å². The van der Waals surface area contributed by atoms with Gasteiger partial charge in [-0.2, -0.15) is 0 Å². The maximum atomic E-state index is 5.26. The van der Waals surface area contributed by atoms with Crippen molar-refractivity contribution in [2.24, 2.45) is 5.92 Å². The Bertz CT molecular complexity index is 65.7. The average Bonchev–Trinajstić information content (AvgIpc) is 1.87. The highest BCUT2D eigenvalue weighted by molar-refractivity contribution is 4.57. The van der Waals surface area contributed by atoms with E-state index < -0.39 is 0 Å². The van der Waals surface area contributed by atoms with Gasteiger partial charge in [0.2, 0.25) is 0 Å². The van der Waals surface area contributed by atoms with E-state index in [0.717, 1.165) is 0 Å². The molecule has 0 saturated heterocycles. The monoisotopic (exact) mass is 145 g/mol. The zero-order valence-corrected chi connectivity index (χ0v) is 7.09. The predicted molar refractivity (Wildman–Crippen MR) is 41.6 cm³/mol. The molecule has 2 heteroatoms. The van der Waals surface area contributed by atoms with Gasteiger partial charge in [-0.1, -0.05) is 6.92 Å². The van der Waals surface area contributed by atoms with Gasteiger partial charge in [-0.3, -0.25) is 0 Å². The van der Waals surface area contributed by atoms with Crippen LogP contribution in [0.15, 0.2) is 0 Å². The molecule has 1 radical (unpaired) electrons. The van der Waals surface area contributed by atoms with Crippen LogP contribution in [0.25, 0.3) is 0 Å². The summed E-state index contributed by atoms with van der Waals surface area (Å²) in [7, 11) is 0. The maximum absolute atomic E-state index is 5.26. The lowest BCUT2D eigenvalue weighted by molar-refractivity contribution is -0.154. The van der Waals surface area contributed by atoms with E-state index in [2.05, 4.69) is 6.92 Å². The number of hydrogen-bond donors (Lipinski definition) is 0. The Kier molecular flexibility index (Phi) is 5.64. The number of hydrogen-bond acceptors (Lipinski definition) is 2. The molecule has 10 heavy (non-hydrogen) atoms. The van der Waals surface area contributed by atoms with Gasteiger partial charge < -0.3 is 9.47 Å². The van der Waals surface area contributed by atoms with E-state index in [0.29, 0.717) is 13.2 Å². The van der Waals surface area contributed by atoms with Crippen molar-refractivity contribution in [3.8, 4) is 0 Å². The van der Waals surface area contributed by atoms with Crippen molar-refractivity contribution in [3.05, 3.63) is 6.92 Å². The Morgan fingerprint density at radius 1 is 1.20 bits per heavy atom. The normalized spacial score (nSPS) is 11.4. The molecule has 1 atom stereocenters. The van der Waals surface area contributed by atoms with Gasteiger partial charge in [-0.15, -0.1) is 0 Å². The molecule has 0 aromatic carbocycles. The molecule has 0 aliphatic carbocycles. The second-order valence-corrected chi connectivity index (χ2v) is 2.26. The minimum atomic E-state index is -0.130. The molecule has 0 fully saturated rings. The van der Waals surface area contributed by atoms with Crippen molar-refractivity contribution >= 4 is 0 Å². The van der Waals surface area contributed by atoms with E-state index in [4.69, 9.17) is 9.47 Å². The summed E-state index contributed by atoms with van der Waals surface area (Å²) in [5, 5.41) is 0. The first-order valence-electron chi connectivity index (χ1n) is 3.78. The van der Waals surface area contributed by atoms with E-state index in [9.17, 15) is 0 Å². The van der Waals surface area contributed by atoms with Crippen molar-refractivity contribution in [3.63, 3.8) is 0 Å². The van der Waals surface area contributed by atoms with Gasteiger partial charge in [-0.25, -0.2) is 0 Å². The highest BCUT2D eigenvalue weighted by Crippen LogP contribution is 2.06. The summed E-state index contributed by atoms with van der Waals surface area (Å²) in [5.74, 6) is 0.194. The molecule has 0 heterocycles. The molecule has 1 unspecified atom stereocenters. The molecule has 0 aliphatic rings. The Balaban J connectivity index is 3.50. The summed E-state index contributed by atoms with van der Waals surface area (Å²) in [6.07, 6.45) is -0.130. The molecule has 0 bridgehead atoms.